The predicted octanol–water partition coefficient (Wildman–Crippen LogP) is 6.07. The summed E-state index contributed by atoms with van der Waals surface area (Å²) < 4.78 is 12.6. The maximum atomic E-state index is 13.6. The normalized spacial score (nSPS) is 11.4. The summed E-state index contributed by atoms with van der Waals surface area (Å²) in [7, 11) is 2.97. The van der Waals surface area contributed by atoms with Gasteiger partial charge in [0.1, 0.15) is 5.75 Å². The number of fused-ring (bicyclic) bond motifs is 1. The lowest BCUT2D eigenvalue weighted by atomic mass is 9.96. The van der Waals surface area contributed by atoms with E-state index in [-0.39, 0.29) is 22.9 Å². The zero-order valence-corrected chi connectivity index (χ0v) is 22.6. The third-order valence-corrected chi connectivity index (χ3v) is 6.43. The number of hydrogen-bond acceptors (Lipinski definition) is 7. The summed E-state index contributed by atoms with van der Waals surface area (Å²) in [6.45, 7) is 6.03. The second-order valence-corrected chi connectivity index (χ2v) is 9.60. The molecule has 0 fully saturated rings. The number of hydrogen-bond donors (Lipinski definition) is 0. The van der Waals surface area contributed by atoms with Crippen LogP contribution in [0.15, 0.2) is 62.9 Å². The number of methoxy groups -OCH3 is 2. The van der Waals surface area contributed by atoms with E-state index < -0.39 is 4.92 Å². The number of nitrogens with zero attached hydrogens (tertiary/aromatic N) is 4. The predicted molar refractivity (Wildman–Crippen MR) is 147 cm³/mol. The molecule has 0 bridgehead atoms. The number of rotatable bonds is 7. The largest absolute Gasteiger partial charge is 0.496 e. The molecule has 0 aliphatic rings. The van der Waals surface area contributed by atoms with Crippen LogP contribution in [0.3, 0.4) is 0 Å². The minimum absolute atomic E-state index is 0.0306. The Labute approximate surface area is 221 Å². The molecule has 0 saturated heterocycles. The second-order valence-electron chi connectivity index (χ2n) is 8.68. The average molecular weight is 565 g/mol. The molecule has 9 nitrogen and oxygen atoms in total. The topological polar surface area (TPSA) is 109 Å². The fraction of sp³-hybridized carbons (Fsp3) is 0.222. The van der Waals surface area contributed by atoms with Crippen LogP contribution in [0.25, 0.3) is 22.3 Å². The molecule has 37 heavy (non-hydrogen) atoms. The van der Waals surface area contributed by atoms with Crippen molar-refractivity contribution in [2.75, 3.05) is 14.2 Å². The zero-order chi connectivity index (χ0) is 26.9. The van der Waals surface area contributed by atoms with Crippen molar-refractivity contribution in [3.8, 4) is 22.9 Å². The van der Waals surface area contributed by atoms with Crippen molar-refractivity contribution in [2.45, 2.75) is 26.7 Å². The van der Waals surface area contributed by atoms with Gasteiger partial charge in [0, 0.05) is 21.7 Å². The summed E-state index contributed by atoms with van der Waals surface area (Å²) in [6, 6.07) is 13.9. The molecule has 0 aliphatic carbocycles. The van der Waals surface area contributed by atoms with Crippen molar-refractivity contribution in [1.82, 2.24) is 9.66 Å². The lowest BCUT2D eigenvalue weighted by Crippen LogP contribution is -2.21. The van der Waals surface area contributed by atoms with Gasteiger partial charge in [-0.25, -0.2) is 4.98 Å². The molecule has 0 unspecified atom stereocenters. The van der Waals surface area contributed by atoms with Crippen LogP contribution in [0.2, 0.25) is 0 Å². The number of para-hydroxylation sites is 1. The van der Waals surface area contributed by atoms with Gasteiger partial charge in [-0.15, -0.1) is 0 Å². The molecule has 0 radical (unpaired) electrons. The third kappa shape index (κ3) is 4.97. The summed E-state index contributed by atoms with van der Waals surface area (Å²) in [5, 5.41) is 16.4. The van der Waals surface area contributed by atoms with Gasteiger partial charge in [0.25, 0.3) is 5.56 Å². The number of nitro groups is 1. The molecule has 10 heteroatoms. The number of aromatic nitrogens is 2. The average Bonchev–Trinajstić information content (AvgIpc) is 2.87. The first-order valence-electron chi connectivity index (χ1n) is 11.4. The molecule has 0 aliphatic heterocycles. The van der Waals surface area contributed by atoms with E-state index in [4.69, 9.17) is 14.5 Å². The van der Waals surface area contributed by atoms with E-state index in [1.54, 1.807) is 31.4 Å². The van der Waals surface area contributed by atoms with Crippen LogP contribution in [0, 0.1) is 17.0 Å². The Morgan fingerprint density at radius 2 is 1.86 bits per heavy atom. The summed E-state index contributed by atoms with van der Waals surface area (Å²) in [6.07, 6.45) is 1.36. The van der Waals surface area contributed by atoms with Crippen LogP contribution in [0.1, 0.15) is 36.5 Å². The SMILES string of the molecule is COc1cc(C)c(-c2nc3ccccc3c(=O)n2N=Cc2cc(Br)cc([N+](=O)[O-])c2OC)cc1C(C)C. The van der Waals surface area contributed by atoms with Gasteiger partial charge in [0.2, 0.25) is 5.75 Å². The fourth-order valence-electron chi connectivity index (χ4n) is 4.15. The molecule has 4 rings (SSSR count). The lowest BCUT2D eigenvalue weighted by Gasteiger charge is -2.17. The Kier molecular flexibility index (Phi) is 7.40. The molecule has 0 amide bonds. The van der Waals surface area contributed by atoms with Gasteiger partial charge in [-0.3, -0.25) is 14.9 Å². The van der Waals surface area contributed by atoms with Crippen molar-refractivity contribution >= 4 is 38.7 Å². The van der Waals surface area contributed by atoms with E-state index in [1.165, 1.54) is 24.1 Å². The number of ether oxygens (including phenoxy) is 2. The highest BCUT2D eigenvalue weighted by molar-refractivity contribution is 9.10. The van der Waals surface area contributed by atoms with Crippen molar-refractivity contribution < 1.29 is 14.4 Å². The standard InChI is InChI=1S/C27H25BrN4O5/c1-15(2)20-13-21(16(3)10-24(20)36-4)26-30-22-9-7-6-8-19(22)27(33)31(26)29-14-17-11-18(28)12-23(32(34)35)25(17)37-5/h6-15H,1-5H3. The first kappa shape index (κ1) is 26.0. The summed E-state index contributed by atoms with van der Waals surface area (Å²) in [4.78, 5) is 29.5. The molecule has 1 heterocycles. The maximum Gasteiger partial charge on any atom is 0.312 e. The van der Waals surface area contributed by atoms with E-state index in [0.29, 0.717) is 26.8 Å². The van der Waals surface area contributed by atoms with Crippen molar-refractivity contribution in [3.63, 3.8) is 0 Å². The molecular weight excluding hydrogens is 540 g/mol. The first-order chi connectivity index (χ1) is 17.7. The van der Waals surface area contributed by atoms with E-state index in [0.717, 1.165) is 22.4 Å². The number of halogens is 1. The highest BCUT2D eigenvalue weighted by Crippen LogP contribution is 2.35. The second kappa shape index (κ2) is 10.5. The van der Waals surface area contributed by atoms with E-state index in [2.05, 4.69) is 34.9 Å². The van der Waals surface area contributed by atoms with Crippen LogP contribution in [-0.2, 0) is 0 Å². The van der Waals surface area contributed by atoms with Gasteiger partial charge in [-0.1, -0.05) is 41.9 Å². The van der Waals surface area contributed by atoms with Gasteiger partial charge < -0.3 is 9.47 Å². The Bertz CT molecular complexity index is 1610. The van der Waals surface area contributed by atoms with Crippen molar-refractivity contribution in [1.29, 1.82) is 0 Å². The highest BCUT2D eigenvalue weighted by atomic mass is 79.9. The minimum Gasteiger partial charge on any atom is -0.496 e. The first-order valence-corrected chi connectivity index (χ1v) is 12.2. The van der Waals surface area contributed by atoms with Gasteiger partial charge in [0.05, 0.1) is 36.3 Å². The van der Waals surface area contributed by atoms with Crippen LogP contribution >= 0.6 is 15.9 Å². The Morgan fingerprint density at radius 1 is 1.14 bits per heavy atom. The molecular formula is C27H25BrN4O5. The molecule has 0 saturated carbocycles. The summed E-state index contributed by atoms with van der Waals surface area (Å²) in [5.41, 5.74) is 2.79. The van der Waals surface area contributed by atoms with Crippen LogP contribution < -0.4 is 15.0 Å². The van der Waals surface area contributed by atoms with Gasteiger partial charge >= 0.3 is 5.69 Å². The maximum absolute atomic E-state index is 13.6. The molecule has 190 valence electrons. The van der Waals surface area contributed by atoms with Crippen LogP contribution in [0.4, 0.5) is 5.69 Å². The van der Waals surface area contributed by atoms with E-state index >= 15 is 0 Å². The molecule has 4 aromatic rings. The molecule has 0 N–H and O–H groups in total. The van der Waals surface area contributed by atoms with Crippen molar-refractivity contribution in [2.24, 2.45) is 5.10 Å². The molecule has 0 spiro atoms. The Hall–Kier alpha value is -4.05. The Balaban J connectivity index is 2.02. The third-order valence-electron chi connectivity index (χ3n) is 5.97. The van der Waals surface area contributed by atoms with Gasteiger partial charge in [-0.05, 0) is 54.3 Å². The number of nitro benzene ring substituents is 1. The quantitative estimate of drug-likeness (QED) is 0.153. The fourth-order valence-corrected chi connectivity index (χ4v) is 4.61. The summed E-state index contributed by atoms with van der Waals surface area (Å²) >= 11 is 3.30. The number of aryl methyl sites for hydroxylation is 1. The van der Waals surface area contributed by atoms with Crippen LogP contribution in [-0.4, -0.2) is 35.0 Å². The smallest absolute Gasteiger partial charge is 0.312 e. The lowest BCUT2D eigenvalue weighted by molar-refractivity contribution is -0.385. The van der Waals surface area contributed by atoms with Gasteiger partial charge in [-0.2, -0.15) is 9.78 Å². The molecule has 3 aromatic carbocycles. The zero-order valence-electron chi connectivity index (χ0n) is 21.0. The van der Waals surface area contributed by atoms with Crippen LogP contribution in [0.5, 0.6) is 11.5 Å². The molecule has 1 aromatic heterocycles. The Morgan fingerprint density at radius 3 is 2.51 bits per heavy atom. The van der Waals surface area contributed by atoms with Crippen molar-refractivity contribution in [3.05, 3.63) is 90.2 Å². The number of benzene rings is 3. The van der Waals surface area contributed by atoms with E-state index in [9.17, 15) is 14.9 Å². The summed E-state index contributed by atoms with van der Waals surface area (Å²) in [5.74, 6) is 1.28. The van der Waals surface area contributed by atoms with E-state index in [1.807, 2.05) is 25.1 Å². The highest BCUT2D eigenvalue weighted by Gasteiger charge is 2.21. The monoisotopic (exact) mass is 564 g/mol. The minimum atomic E-state index is -0.537. The van der Waals surface area contributed by atoms with Gasteiger partial charge in [0.15, 0.2) is 5.82 Å². The molecule has 0 atom stereocenters.